The van der Waals surface area contributed by atoms with E-state index in [0.29, 0.717) is 19.6 Å². The molecular formula is C19H27Cl2N3O2S. The molecule has 1 saturated carbocycles. The lowest BCUT2D eigenvalue weighted by Crippen LogP contribution is -2.52. The van der Waals surface area contributed by atoms with Crippen LogP contribution in [-0.2, 0) is 17.8 Å². The van der Waals surface area contributed by atoms with Gasteiger partial charge >= 0.3 is 0 Å². The minimum absolute atomic E-state index is 0. The maximum absolute atomic E-state index is 12.3. The van der Waals surface area contributed by atoms with Crippen molar-refractivity contribution in [3.05, 3.63) is 45.9 Å². The highest BCUT2D eigenvalue weighted by Crippen LogP contribution is 2.28. The molecule has 1 amide bonds. The molecule has 1 aromatic carbocycles. The number of hydrogen-bond acceptors (Lipinski definition) is 5. The molecule has 1 aliphatic rings. The van der Waals surface area contributed by atoms with Crippen molar-refractivity contribution >= 4 is 42.1 Å². The number of aromatic nitrogens is 1. The number of aryl methyl sites for hydroxylation is 1. The maximum atomic E-state index is 12.3. The van der Waals surface area contributed by atoms with Gasteiger partial charge in [0.05, 0.1) is 17.7 Å². The summed E-state index contributed by atoms with van der Waals surface area (Å²) in [6.07, 6.45) is 4.51. The van der Waals surface area contributed by atoms with E-state index in [4.69, 9.17) is 10.5 Å². The topological polar surface area (TPSA) is 77.2 Å². The summed E-state index contributed by atoms with van der Waals surface area (Å²) in [6.45, 7) is 2.97. The molecule has 1 heterocycles. The van der Waals surface area contributed by atoms with Crippen molar-refractivity contribution < 1.29 is 9.53 Å². The summed E-state index contributed by atoms with van der Waals surface area (Å²) in [5.41, 5.74) is 7.66. The fourth-order valence-electron chi connectivity index (χ4n) is 3.21. The summed E-state index contributed by atoms with van der Waals surface area (Å²) in [6, 6.07) is 7.93. The largest absolute Gasteiger partial charge is 0.486 e. The number of hydrogen-bond donors (Lipinski definition) is 2. The Kier molecular flexibility index (Phi) is 9.53. The standard InChI is InChI=1S/C19H25N3O2S.2ClH/c1-14-4-6-16(7-5-14)24-11-18-21-15(12-25-18)10-17(23)22-19(13-20)8-2-3-9-19;;/h4-7,12H,2-3,8-11,13,20H2,1H3,(H,22,23);2*1H. The lowest BCUT2D eigenvalue weighted by Gasteiger charge is -2.28. The molecule has 0 unspecified atom stereocenters. The first-order valence-corrected chi connectivity index (χ1v) is 9.60. The van der Waals surface area contributed by atoms with Gasteiger partial charge < -0.3 is 15.8 Å². The summed E-state index contributed by atoms with van der Waals surface area (Å²) >= 11 is 1.52. The molecule has 1 fully saturated rings. The van der Waals surface area contributed by atoms with Gasteiger partial charge in [-0.25, -0.2) is 4.98 Å². The normalized spacial score (nSPS) is 14.7. The predicted molar refractivity (Wildman–Crippen MR) is 114 cm³/mol. The number of benzene rings is 1. The van der Waals surface area contributed by atoms with Gasteiger partial charge in [-0.3, -0.25) is 4.79 Å². The predicted octanol–water partition coefficient (Wildman–Crippen LogP) is 3.80. The van der Waals surface area contributed by atoms with Gasteiger partial charge in [-0.15, -0.1) is 36.2 Å². The summed E-state index contributed by atoms with van der Waals surface area (Å²) in [5, 5.41) is 5.93. The molecule has 0 aliphatic heterocycles. The third kappa shape index (κ3) is 6.64. The van der Waals surface area contributed by atoms with E-state index in [1.807, 2.05) is 36.6 Å². The van der Waals surface area contributed by atoms with Crippen LogP contribution < -0.4 is 15.8 Å². The van der Waals surface area contributed by atoms with Crippen molar-refractivity contribution in [2.75, 3.05) is 6.54 Å². The van der Waals surface area contributed by atoms with Gasteiger partial charge in [-0.2, -0.15) is 0 Å². The lowest BCUT2D eigenvalue weighted by molar-refractivity contribution is -0.122. The van der Waals surface area contributed by atoms with Crippen molar-refractivity contribution in [3.8, 4) is 5.75 Å². The molecule has 0 spiro atoms. The molecule has 8 heteroatoms. The highest BCUT2D eigenvalue weighted by atomic mass is 35.5. The lowest BCUT2D eigenvalue weighted by atomic mass is 9.97. The highest BCUT2D eigenvalue weighted by molar-refractivity contribution is 7.09. The van der Waals surface area contributed by atoms with Crippen LogP contribution in [0.1, 0.15) is 41.9 Å². The van der Waals surface area contributed by atoms with Gasteiger partial charge in [0.15, 0.2) is 0 Å². The van der Waals surface area contributed by atoms with Gasteiger partial charge in [0, 0.05) is 11.9 Å². The van der Waals surface area contributed by atoms with Crippen molar-refractivity contribution in [2.45, 2.75) is 51.2 Å². The quantitative estimate of drug-likeness (QED) is 0.698. The molecule has 0 atom stereocenters. The third-order valence-electron chi connectivity index (χ3n) is 4.68. The number of rotatable bonds is 7. The van der Waals surface area contributed by atoms with Gasteiger partial charge in [0.2, 0.25) is 5.91 Å². The first-order valence-electron chi connectivity index (χ1n) is 8.72. The molecule has 3 rings (SSSR count). The zero-order valence-corrected chi connectivity index (χ0v) is 17.9. The smallest absolute Gasteiger partial charge is 0.226 e. The number of ether oxygens (including phenoxy) is 1. The van der Waals surface area contributed by atoms with E-state index in [2.05, 4.69) is 10.3 Å². The van der Waals surface area contributed by atoms with E-state index in [0.717, 1.165) is 42.1 Å². The monoisotopic (exact) mass is 431 g/mol. The maximum Gasteiger partial charge on any atom is 0.226 e. The fraction of sp³-hybridized carbons (Fsp3) is 0.474. The Hall–Kier alpha value is -1.34. The van der Waals surface area contributed by atoms with Crippen LogP contribution in [0, 0.1) is 6.92 Å². The van der Waals surface area contributed by atoms with E-state index in [-0.39, 0.29) is 36.3 Å². The van der Waals surface area contributed by atoms with Crippen LogP contribution in [0.2, 0.25) is 0 Å². The van der Waals surface area contributed by atoms with E-state index in [1.54, 1.807) is 0 Å². The van der Waals surface area contributed by atoms with Crippen LogP contribution in [-0.4, -0.2) is 23.0 Å². The molecule has 1 aliphatic carbocycles. The fourth-order valence-corrected chi connectivity index (χ4v) is 3.92. The molecule has 150 valence electrons. The Morgan fingerprint density at radius 2 is 1.93 bits per heavy atom. The first kappa shape index (κ1) is 23.7. The molecule has 0 saturated heterocycles. The zero-order valence-electron chi connectivity index (χ0n) is 15.4. The average molecular weight is 432 g/mol. The molecular weight excluding hydrogens is 405 g/mol. The summed E-state index contributed by atoms with van der Waals surface area (Å²) in [4.78, 5) is 16.8. The van der Waals surface area contributed by atoms with Crippen LogP contribution in [0.5, 0.6) is 5.75 Å². The van der Waals surface area contributed by atoms with Crippen molar-refractivity contribution in [2.24, 2.45) is 5.73 Å². The summed E-state index contributed by atoms with van der Waals surface area (Å²) in [5.74, 6) is 0.829. The van der Waals surface area contributed by atoms with Crippen molar-refractivity contribution in [1.29, 1.82) is 0 Å². The number of carbonyl (C=O) groups is 1. The van der Waals surface area contributed by atoms with Crippen molar-refractivity contribution in [3.63, 3.8) is 0 Å². The third-order valence-corrected chi connectivity index (χ3v) is 5.55. The molecule has 27 heavy (non-hydrogen) atoms. The van der Waals surface area contributed by atoms with Crippen LogP contribution >= 0.6 is 36.2 Å². The Morgan fingerprint density at radius 3 is 2.56 bits per heavy atom. The Labute approximate surface area is 176 Å². The number of carbonyl (C=O) groups excluding carboxylic acids is 1. The van der Waals surface area contributed by atoms with Gasteiger partial charge in [0.1, 0.15) is 17.4 Å². The van der Waals surface area contributed by atoms with E-state index < -0.39 is 0 Å². The second-order valence-electron chi connectivity index (χ2n) is 6.75. The van der Waals surface area contributed by atoms with E-state index in [9.17, 15) is 4.79 Å². The number of thiazole rings is 1. The SMILES string of the molecule is Cc1ccc(OCc2nc(CC(=O)NC3(CN)CCCC3)cs2)cc1.Cl.Cl. The molecule has 0 radical (unpaired) electrons. The Bertz CT molecular complexity index is 716. The Morgan fingerprint density at radius 1 is 1.26 bits per heavy atom. The minimum atomic E-state index is -0.204. The van der Waals surface area contributed by atoms with Gasteiger partial charge in [0.25, 0.3) is 0 Å². The zero-order chi connectivity index (χ0) is 17.7. The average Bonchev–Trinajstić information content (AvgIpc) is 3.24. The second kappa shape index (κ2) is 10.9. The number of nitrogens with zero attached hydrogens (tertiary/aromatic N) is 1. The van der Waals surface area contributed by atoms with Gasteiger partial charge in [-0.05, 0) is 31.9 Å². The second-order valence-corrected chi connectivity index (χ2v) is 7.69. The number of halogens is 2. The Balaban J connectivity index is 0.00000182. The molecule has 1 aromatic heterocycles. The minimum Gasteiger partial charge on any atom is -0.486 e. The summed E-state index contributed by atoms with van der Waals surface area (Å²) in [7, 11) is 0. The van der Waals surface area contributed by atoms with Crippen molar-refractivity contribution in [1.82, 2.24) is 10.3 Å². The van der Waals surface area contributed by atoms with Gasteiger partial charge in [-0.1, -0.05) is 30.5 Å². The molecule has 3 N–H and O–H groups in total. The van der Waals surface area contributed by atoms with Crippen LogP contribution in [0.15, 0.2) is 29.6 Å². The number of nitrogens with two attached hydrogens (primary N) is 1. The van der Waals surface area contributed by atoms with Crippen LogP contribution in [0.25, 0.3) is 0 Å². The molecule has 0 bridgehead atoms. The van der Waals surface area contributed by atoms with Crippen LogP contribution in [0.3, 0.4) is 0 Å². The van der Waals surface area contributed by atoms with Crippen LogP contribution in [0.4, 0.5) is 0 Å². The number of amides is 1. The highest BCUT2D eigenvalue weighted by Gasteiger charge is 2.33. The molecule has 5 nitrogen and oxygen atoms in total. The first-order chi connectivity index (χ1) is 12.1. The molecule has 2 aromatic rings. The van der Waals surface area contributed by atoms with E-state index in [1.165, 1.54) is 16.9 Å². The van der Waals surface area contributed by atoms with E-state index >= 15 is 0 Å². The summed E-state index contributed by atoms with van der Waals surface area (Å²) < 4.78 is 5.74. The number of nitrogens with one attached hydrogen (secondary N) is 1.